The Morgan fingerprint density at radius 1 is 0.889 bits per heavy atom. The average Bonchev–Trinajstić information content (AvgIpc) is 3.19. The third kappa shape index (κ3) is 3.48. The summed E-state index contributed by atoms with van der Waals surface area (Å²) in [7, 11) is 4.74. The molecule has 3 rings (SSSR count). The maximum atomic E-state index is 5.44. The fraction of sp³-hybridized carbons (Fsp3) is 0.333. The van der Waals surface area contributed by atoms with Crippen LogP contribution in [0.15, 0.2) is 23.3 Å². The summed E-state index contributed by atoms with van der Waals surface area (Å²) in [6.45, 7) is 5.70. The fourth-order valence-corrected chi connectivity index (χ4v) is 2.72. The van der Waals surface area contributed by atoms with E-state index in [0.29, 0.717) is 29.0 Å². The molecule has 2 aromatic heterocycles. The minimum absolute atomic E-state index is 0.508. The predicted molar refractivity (Wildman–Crippen MR) is 100 cm³/mol. The molecule has 0 atom stereocenters. The van der Waals surface area contributed by atoms with Gasteiger partial charge in [0, 0.05) is 17.3 Å². The van der Waals surface area contributed by atoms with Crippen LogP contribution in [0.2, 0.25) is 0 Å². The van der Waals surface area contributed by atoms with E-state index in [-0.39, 0.29) is 0 Å². The average molecular weight is 370 g/mol. The van der Waals surface area contributed by atoms with E-state index in [4.69, 9.17) is 14.2 Å². The summed E-state index contributed by atoms with van der Waals surface area (Å²) in [6.07, 6.45) is 1.66. The van der Waals surface area contributed by atoms with Crippen molar-refractivity contribution in [2.75, 3.05) is 21.3 Å². The van der Waals surface area contributed by atoms with Crippen molar-refractivity contribution >= 4 is 6.21 Å². The highest BCUT2D eigenvalue weighted by Crippen LogP contribution is 2.33. The number of methoxy groups -OCH3 is 3. The first-order chi connectivity index (χ1) is 13.0. The van der Waals surface area contributed by atoms with Crippen molar-refractivity contribution in [3.63, 3.8) is 0 Å². The van der Waals surface area contributed by atoms with Crippen molar-refractivity contribution in [2.45, 2.75) is 20.8 Å². The Morgan fingerprint density at radius 2 is 1.56 bits per heavy atom. The zero-order valence-corrected chi connectivity index (χ0v) is 16.2. The van der Waals surface area contributed by atoms with Gasteiger partial charge in [0.25, 0.3) is 5.95 Å². The highest BCUT2D eigenvalue weighted by molar-refractivity contribution is 5.85. The second-order valence-electron chi connectivity index (χ2n) is 5.89. The van der Waals surface area contributed by atoms with E-state index in [1.54, 1.807) is 49.0 Å². The second-order valence-corrected chi connectivity index (χ2v) is 5.89. The van der Waals surface area contributed by atoms with Crippen molar-refractivity contribution in [3.05, 3.63) is 41.0 Å². The van der Waals surface area contributed by atoms with Gasteiger partial charge in [0.2, 0.25) is 0 Å². The number of rotatable bonds is 6. The van der Waals surface area contributed by atoms with E-state index in [0.717, 1.165) is 17.0 Å². The van der Waals surface area contributed by atoms with Gasteiger partial charge in [-0.1, -0.05) is 0 Å². The van der Waals surface area contributed by atoms with Gasteiger partial charge in [0.15, 0.2) is 17.3 Å². The maximum Gasteiger partial charge on any atom is 0.273 e. The van der Waals surface area contributed by atoms with Crippen LogP contribution in [0.5, 0.6) is 17.2 Å². The molecule has 0 aliphatic heterocycles. The molecule has 1 aromatic carbocycles. The van der Waals surface area contributed by atoms with Crippen molar-refractivity contribution in [3.8, 4) is 23.2 Å². The quantitative estimate of drug-likeness (QED) is 0.619. The molecule has 0 aliphatic carbocycles. The molecule has 0 N–H and O–H groups in total. The zero-order valence-electron chi connectivity index (χ0n) is 16.2. The van der Waals surface area contributed by atoms with Crippen LogP contribution in [-0.2, 0) is 0 Å². The van der Waals surface area contributed by atoms with Gasteiger partial charge < -0.3 is 14.2 Å². The third-order valence-electron chi connectivity index (χ3n) is 4.03. The standard InChI is InChI=1S/C18H22N6O3/c1-11-7-12(2)23(22-11)18-21-20-13(3)24(18)19-10-14-8-16(26-5)17(27-6)9-15(14)25-4/h7-10H,1-6H3/b19-10+. The Kier molecular flexibility index (Phi) is 5.11. The van der Waals surface area contributed by atoms with Crippen LogP contribution >= 0.6 is 0 Å². The molecule has 0 bridgehead atoms. The van der Waals surface area contributed by atoms with Crippen LogP contribution in [0.3, 0.4) is 0 Å². The van der Waals surface area contributed by atoms with E-state index in [1.165, 1.54) is 0 Å². The molecule has 0 fully saturated rings. The van der Waals surface area contributed by atoms with Gasteiger partial charge in [-0.05, 0) is 32.9 Å². The number of hydrogen-bond donors (Lipinski definition) is 0. The topological polar surface area (TPSA) is 88.6 Å². The highest BCUT2D eigenvalue weighted by Gasteiger charge is 2.15. The van der Waals surface area contributed by atoms with Crippen LogP contribution in [0.1, 0.15) is 22.8 Å². The van der Waals surface area contributed by atoms with Crippen LogP contribution in [0.25, 0.3) is 5.95 Å². The van der Waals surface area contributed by atoms with E-state index in [9.17, 15) is 0 Å². The number of nitrogens with zero attached hydrogens (tertiary/aromatic N) is 6. The summed E-state index contributed by atoms with van der Waals surface area (Å²) >= 11 is 0. The molecule has 3 aromatic rings. The Morgan fingerprint density at radius 3 is 2.15 bits per heavy atom. The molecule has 27 heavy (non-hydrogen) atoms. The van der Waals surface area contributed by atoms with Crippen molar-refractivity contribution in [2.24, 2.45) is 5.10 Å². The monoisotopic (exact) mass is 370 g/mol. The second kappa shape index (κ2) is 7.48. The highest BCUT2D eigenvalue weighted by atomic mass is 16.5. The van der Waals surface area contributed by atoms with Gasteiger partial charge >= 0.3 is 0 Å². The molecule has 0 saturated heterocycles. The van der Waals surface area contributed by atoms with Gasteiger partial charge in [-0.25, -0.2) is 4.68 Å². The van der Waals surface area contributed by atoms with Gasteiger partial charge in [-0.15, -0.1) is 10.2 Å². The molecule has 142 valence electrons. The lowest BCUT2D eigenvalue weighted by atomic mass is 10.2. The molecule has 0 amide bonds. The molecule has 0 aliphatic rings. The van der Waals surface area contributed by atoms with Gasteiger partial charge in [0.1, 0.15) is 5.75 Å². The summed E-state index contributed by atoms with van der Waals surface area (Å²) in [6, 6.07) is 5.51. The predicted octanol–water partition coefficient (Wildman–Crippen LogP) is 2.30. The van der Waals surface area contributed by atoms with Crippen molar-refractivity contribution in [1.29, 1.82) is 0 Å². The smallest absolute Gasteiger partial charge is 0.273 e. The number of aryl methyl sites for hydroxylation is 3. The maximum absolute atomic E-state index is 5.44. The summed E-state index contributed by atoms with van der Waals surface area (Å²) in [5.74, 6) is 2.91. The molecule has 0 unspecified atom stereocenters. The van der Waals surface area contributed by atoms with E-state index >= 15 is 0 Å². The number of benzene rings is 1. The molecule has 9 nitrogen and oxygen atoms in total. The Bertz CT molecular complexity index is 989. The van der Waals surface area contributed by atoms with E-state index in [1.807, 2.05) is 26.8 Å². The van der Waals surface area contributed by atoms with Crippen molar-refractivity contribution in [1.82, 2.24) is 24.7 Å². The summed E-state index contributed by atoms with van der Waals surface area (Å²) in [5.41, 5.74) is 2.56. The lowest BCUT2D eigenvalue weighted by Gasteiger charge is -2.12. The van der Waals surface area contributed by atoms with Gasteiger partial charge in [0.05, 0.1) is 33.2 Å². The third-order valence-corrected chi connectivity index (χ3v) is 4.03. The summed E-state index contributed by atoms with van der Waals surface area (Å²) < 4.78 is 19.4. The van der Waals surface area contributed by atoms with E-state index in [2.05, 4.69) is 20.4 Å². The molecule has 0 saturated carbocycles. The summed E-state index contributed by atoms with van der Waals surface area (Å²) in [4.78, 5) is 0. The number of hydrogen-bond acceptors (Lipinski definition) is 7. The number of ether oxygens (including phenoxy) is 3. The SMILES string of the molecule is COc1cc(OC)c(OC)cc1/C=N/n1c(C)nnc1-n1nc(C)cc1C. The molecular formula is C18H22N6O3. The Hall–Kier alpha value is -3.36. The molecule has 0 spiro atoms. The van der Waals surface area contributed by atoms with Crippen LogP contribution in [0.4, 0.5) is 0 Å². The first-order valence-electron chi connectivity index (χ1n) is 8.28. The normalized spacial score (nSPS) is 11.2. The molecule has 9 heteroatoms. The first kappa shape index (κ1) is 18.4. The Labute approximate surface area is 157 Å². The lowest BCUT2D eigenvalue weighted by Crippen LogP contribution is -2.08. The first-order valence-corrected chi connectivity index (χ1v) is 8.28. The molecule has 0 radical (unpaired) electrons. The van der Waals surface area contributed by atoms with Crippen LogP contribution in [0, 0.1) is 20.8 Å². The van der Waals surface area contributed by atoms with Crippen LogP contribution < -0.4 is 14.2 Å². The summed E-state index contributed by atoms with van der Waals surface area (Å²) in [5, 5.41) is 17.3. The minimum Gasteiger partial charge on any atom is -0.496 e. The van der Waals surface area contributed by atoms with Gasteiger partial charge in [-0.2, -0.15) is 14.9 Å². The number of aromatic nitrogens is 5. The largest absolute Gasteiger partial charge is 0.496 e. The molecular weight excluding hydrogens is 348 g/mol. The zero-order chi connectivity index (χ0) is 19.6. The van der Waals surface area contributed by atoms with E-state index < -0.39 is 0 Å². The lowest BCUT2D eigenvalue weighted by molar-refractivity contribution is 0.349. The molecule has 2 heterocycles. The van der Waals surface area contributed by atoms with Crippen molar-refractivity contribution < 1.29 is 14.2 Å². The van der Waals surface area contributed by atoms with Gasteiger partial charge in [-0.3, -0.25) is 0 Å². The van der Waals surface area contributed by atoms with Crippen LogP contribution in [-0.4, -0.2) is 52.2 Å². The Balaban J connectivity index is 2.05. The minimum atomic E-state index is 0.508. The fourth-order valence-electron chi connectivity index (χ4n) is 2.72.